The van der Waals surface area contributed by atoms with Crippen molar-refractivity contribution < 1.29 is 0 Å². The molecule has 0 spiro atoms. The smallest absolute Gasteiger partial charge is 0.180 e. The lowest BCUT2D eigenvalue weighted by Crippen LogP contribution is -2.04. The summed E-state index contributed by atoms with van der Waals surface area (Å²) < 4.78 is 0. The summed E-state index contributed by atoms with van der Waals surface area (Å²) in [5.41, 5.74) is 7.64. The van der Waals surface area contributed by atoms with Crippen molar-refractivity contribution in [2.75, 3.05) is 5.73 Å². The molecule has 3 rings (SSSR count). The fraction of sp³-hybridized carbons (Fsp3) is 0.385. The first-order valence-corrected chi connectivity index (χ1v) is 6.24. The summed E-state index contributed by atoms with van der Waals surface area (Å²) in [4.78, 5) is 16.9. The molecule has 0 bridgehead atoms. The zero-order chi connectivity index (χ0) is 12.4. The Kier molecular flexibility index (Phi) is 2.88. The van der Waals surface area contributed by atoms with Crippen molar-refractivity contribution in [3.05, 3.63) is 30.4 Å². The van der Waals surface area contributed by atoms with Gasteiger partial charge in [-0.3, -0.25) is 0 Å². The maximum atomic E-state index is 5.87. The maximum Gasteiger partial charge on any atom is 0.180 e. The first kappa shape index (κ1) is 11.1. The monoisotopic (exact) mass is 241 g/mol. The van der Waals surface area contributed by atoms with Crippen LogP contribution >= 0.6 is 0 Å². The quantitative estimate of drug-likeness (QED) is 0.871. The third kappa shape index (κ3) is 2.16. The third-order valence-electron chi connectivity index (χ3n) is 3.35. The van der Waals surface area contributed by atoms with Crippen LogP contribution in [-0.4, -0.2) is 19.9 Å². The molecule has 0 atom stereocenters. The van der Waals surface area contributed by atoms with Crippen LogP contribution in [0, 0.1) is 0 Å². The van der Waals surface area contributed by atoms with E-state index in [1.807, 2.05) is 6.07 Å². The number of nitrogen functional groups attached to an aromatic ring is 1. The maximum absolute atomic E-state index is 5.87. The van der Waals surface area contributed by atoms with E-state index in [4.69, 9.17) is 5.73 Å². The zero-order valence-corrected chi connectivity index (χ0v) is 10.1. The lowest BCUT2D eigenvalue weighted by atomic mass is 10.0. The molecule has 1 aliphatic rings. The van der Waals surface area contributed by atoms with Gasteiger partial charge in [-0.1, -0.05) is 12.8 Å². The van der Waals surface area contributed by atoms with Gasteiger partial charge in [-0.25, -0.2) is 19.9 Å². The van der Waals surface area contributed by atoms with Crippen LogP contribution in [0.1, 0.15) is 37.3 Å². The van der Waals surface area contributed by atoms with E-state index in [0.29, 0.717) is 17.6 Å². The minimum Gasteiger partial charge on any atom is -0.384 e. The number of anilines is 1. The van der Waals surface area contributed by atoms with Crippen molar-refractivity contribution in [2.45, 2.75) is 31.6 Å². The van der Waals surface area contributed by atoms with E-state index in [2.05, 4.69) is 19.9 Å². The molecule has 1 fully saturated rings. The van der Waals surface area contributed by atoms with Gasteiger partial charge in [0, 0.05) is 23.9 Å². The van der Waals surface area contributed by atoms with Gasteiger partial charge in [0.15, 0.2) is 5.82 Å². The number of hydrogen-bond acceptors (Lipinski definition) is 5. The van der Waals surface area contributed by atoms with Crippen LogP contribution in [0.5, 0.6) is 0 Å². The summed E-state index contributed by atoms with van der Waals surface area (Å²) in [7, 11) is 0. The Morgan fingerprint density at radius 3 is 2.72 bits per heavy atom. The van der Waals surface area contributed by atoms with Gasteiger partial charge in [0.25, 0.3) is 0 Å². The fourth-order valence-electron chi connectivity index (χ4n) is 2.45. The van der Waals surface area contributed by atoms with Crippen molar-refractivity contribution in [3.8, 4) is 11.5 Å². The number of hydrogen-bond donors (Lipinski definition) is 1. The second-order valence-corrected chi connectivity index (χ2v) is 4.62. The SMILES string of the molecule is Nc1cc(C2CCCC2)nc(-c2ccncn2)n1. The average molecular weight is 241 g/mol. The van der Waals surface area contributed by atoms with Gasteiger partial charge in [-0.05, 0) is 18.9 Å². The number of aromatic nitrogens is 4. The first-order valence-electron chi connectivity index (χ1n) is 6.24. The predicted octanol–water partition coefficient (Wildman–Crippen LogP) is 2.17. The first-order chi connectivity index (χ1) is 8.83. The van der Waals surface area contributed by atoms with Gasteiger partial charge >= 0.3 is 0 Å². The van der Waals surface area contributed by atoms with Gasteiger partial charge in [0.1, 0.15) is 17.8 Å². The molecule has 2 aromatic heterocycles. The van der Waals surface area contributed by atoms with E-state index in [9.17, 15) is 0 Å². The Balaban J connectivity index is 2.00. The molecule has 2 heterocycles. The lowest BCUT2D eigenvalue weighted by molar-refractivity contribution is 0.695. The molecular weight excluding hydrogens is 226 g/mol. The molecule has 92 valence electrons. The molecule has 5 nitrogen and oxygen atoms in total. The minimum atomic E-state index is 0.514. The minimum absolute atomic E-state index is 0.514. The van der Waals surface area contributed by atoms with E-state index in [-0.39, 0.29) is 0 Å². The zero-order valence-electron chi connectivity index (χ0n) is 10.1. The Morgan fingerprint density at radius 1 is 1.17 bits per heavy atom. The van der Waals surface area contributed by atoms with Crippen LogP contribution in [0.25, 0.3) is 11.5 Å². The summed E-state index contributed by atoms with van der Waals surface area (Å²) >= 11 is 0. The molecule has 2 aromatic rings. The number of nitrogens with zero attached hydrogens (tertiary/aromatic N) is 4. The van der Waals surface area contributed by atoms with Gasteiger partial charge in [-0.2, -0.15) is 0 Å². The van der Waals surface area contributed by atoms with Gasteiger partial charge in [0.05, 0.1) is 0 Å². The molecule has 0 unspecified atom stereocenters. The van der Waals surface area contributed by atoms with E-state index >= 15 is 0 Å². The Hall–Kier alpha value is -2.04. The van der Waals surface area contributed by atoms with Crippen LogP contribution in [0.4, 0.5) is 5.82 Å². The molecule has 0 amide bonds. The van der Waals surface area contributed by atoms with Crippen LogP contribution in [0.3, 0.4) is 0 Å². The van der Waals surface area contributed by atoms with Crippen molar-refractivity contribution in [3.63, 3.8) is 0 Å². The fourth-order valence-corrected chi connectivity index (χ4v) is 2.45. The molecule has 0 aliphatic heterocycles. The number of nitrogens with two attached hydrogens (primary N) is 1. The highest BCUT2D eigenvalue weighted by atomic mass is 15.0. The average Bonchev–Trinajstić information content (AvgIpc) is 2.93. The molecule has 5 heteroatoms. The molecule has 1 aliphatic carbocycles. The largest absolute Gasteiger partial charge is 0.384 e. The normalized spacial score (nSPS) is 16.0. The second-order valence-electron chi connectivity index (χ2n) is 4.62. The van der Waals surface area contributed by atoms with Crippen molar-refractivity contribution in [1.29, 1.82) is 0 Å². The molecule has 2 N–H and O–H groups in total. The highest BCUT2D eigenvalue weighted by molar-refractivity contribution is 5.51. The van der Waals surface area contributed by atoms with Crippen molar-refractivity contribution >= 4 is 5.82 Å². The lowest BCUT2D eigenvalue weighted by Gasteiger charge is -2.10. The molecule has 0 saturated heterocycles. The highest BCUT2D eigenvalue weighted by Gasteiger charge is 2.20. The second kappa shape index (κ2) is 4.68. The standard InChI is InChI=1S/C13H15N5/c14-12-7-11(9-3-1-2-4-9)17-13(18-12)10-5-6-15-8-16-10/h5-9H,1-4H2,(H2,14,17,18). The highest BCUT2D eigenvalue weighted by Crippen LogP contribution is 2.34. The van der Waals surface area contributed by atoms with Crippen LogP contribution in [0.2, 0.25) is 0 Å². The van der Waals surface area contributed by atoms with Gasteiger partial charge in [-0.15, -0.1) is 0 Å². The Bertz CT molecular complexity index is 534. The van der Waals surface area contributed by atoms with Crippen LogP contribution in [-0.2, 0) is 0 Å². The van der Waals surface area contributed by atoms with Gasteiger partial charge < -0.3 is 5.73 Å². The van der Waals surface area contributed by atoms with E-state index in [1.54, 1.807) is 12.3 Å². The summed E-state index contributed by atoms with van der Waals surface area (Å²) in [6, 6.07) is 3.69. The van der Waals surface area contributed by atoms with Crippen LogP contribution < -0.4 is 5.73 Å². The molecule has 1 saturated carbocycles. The summed E-state index contributed by atoms with van der Waals surface area (Å²) in [5.74, 6) is 1.63. The van der Waals surface area contributed by atoms with E-state index in [0.717, 1.165) is 11.4 Å². The summed E-state index contributed by atoms with van der Waals surface area (Å²) in [6.07, 6.45) is 8.12. The van der Waals surface area contributed by atoms with Crippen molar-refractivity contribution in [1.82, 2.24) is 19.9 Å². The Morgan fingerprint density at radius 2 is 2.00 bits per heavy atom. The molecule has 0 aromatic carbocycles. The van der Waals surface area contributed by atoms with Gasteiger partial charge in [0.2, 0.25) is 0 Å². The topological polar surface area (TPSA) is 77.6 Å². The molecule has 18 heavy (non-hydrogen) atoms. The molecule has 0 radical (unpaired) electrons. The predicted molar refractivity (Wildman–Crippen MR) is 68.7 cm³/mol. The van der Waals surface area contributed by atoms with Crippen LogP contribution in [0.15, 0.2) is 24.7 Å². The summed E-state index contributed by atoms with van der Waals surface area (Å²) in [6.45, 7) is 0. The molecular formula is C13H15N5. The summed E-state index contributed by atoms with van der Waals surface area (Å²) in [5, 5.41) is 0. The van der Waals surface area contributed by atoms with E-state index in [1.165, 1.54) is 32.0 Å². The van der Waals surface area contributed by atoms with Crippen molar-refractivity contribution in [2.24, 2.45) is 0 Å². The third-order valence-corrected chi connectivity index (χ3v) is 3.35. The Labute approximate surface area is 106 Å². The van der Waals surface area contributed by atoms with E-state index < -0.39 is 0 Å². The number of rotatable bonds is 2.